The third kappa shape index (κ3) is 4.19. The highest BCUT2D eigenvalue weighted by molar-refractivity contribution is 5.87. The van der Waals surface area contributed by atoms with Gasteiger partial charge in [0, 0.05) is 24.8 Å². The molecule has 142 valence electrons. The van der Waals surface area contributed by atoms with Crippen LogP contribution in [0.4, 0.5) is 4.79 Å². The number of nitrogens with two attached hydrogens (primary N) is 1. The molecule has 0 unspecified atom stereocenters. The minimum absolute atomic E-state index is 0.215. The number of carbonyl (C=O) groups excluding carboxylic acids is 2. The first-order valence-electron chi connectivity index (χ1n) is 8.99. The minimum atomic E-state index is -0.562. The number of hydrogen-bond acceptors (Lipinski definition) is 4. The Bertz CT molecular complexity index is 833. The number of nitrogens with zero attached hydrogens (tertiary/aromatic N) is 2. The second-order valence-electron chi connectivity index (χ2n) is 6.70. The summed E-state index contributed by atoms with van der Waals surface area (Å²) in [6.45, 7) is 4.73. The zero-order valence-electron chi connectivity index (χ0n) is 15.6. The Hall–Kier alpha value is -3.09. The molecular formula is C20H24N4O3. The van der Waals surface area contributed by atoms with E-state index in [0.717, 1.165) is 28.9 Å². The molecule has 2 aromatic rings. The molecule has 0 saturated carbocycles. The summed E-state index contributed by atoms with van der Waals surface area (Å²) >= 11 is 0. The zero-order valence-corrected chi connectivity index (χ0v) is 15.6. The summed E-state index contributed by atoms with van der Waals surface area (Å²) in [5.74, 6) is 1.00. The van der Waals surface area contributed by atoms with Crippen LogP contribution in [0.25, 0.3) is 0 Å². The van der Waals surface area contributed by atoms with Crippen LogP contribution in [0.1, 0.15) is 29.5 Å². The number of likely N-dealkylation sites (tertiary alicyclic amines) is 1. The Morgan fingerprint density at radius 2 is 2.00 bits per heavy atom. The van der Waals surface area contributed by atoms with Crippen LogP contribution in [0, 0.1) is 13.8 Å². The molecule has 1 atom stereocenters. The lowest BCUT2D eigenvalue weighted by Gasteiger charge is -2.22. The molecule has 0 spiro atoms. The topological polar surface area (TPSA) is 97.6 Å². The van der Waals surface area contributed by atoms with Gasteiger partial charge in [0.1, 0.15) is 11.8 Å². The number of hydrogen-bond donors (Lipinski definition) is 2. The summed E-state index contributed by atoms with van der Waals surface area (Å²) in [5.41, 5.74) is 8.14. The van der Waals surface area contributed by atoms with Gasteiger partial charge >= 0.3 is 6.03 Å². The lowest BCUT2D eigenvalue weighted by molar-refractivity contribution is -0.124. The van der Waals surface area contributed by atoms with Crippen LogP contribution in [-0.2, 0) is 11.3 Å². The van der Waals surface area contributed by atoms with Crippen molar-refractivity contribution >= 4 is 11.9 Å². The van der Waals surface area contributed by atoms with Crippen LogP contribution in [-0.4, -0.2) is 34.4 Å². The molecule has 1 saturated heterocycles. The summed E-state index contributed by atoms with van der Waals surface area (Å²) < 4.78 is 6.04. The maximum Gasteiger partial charge on any atom is 0.315 e. The van der Waals surface area contributed by atoms with Gasteiger partial charge in [-0.25, -0.2) is 9.78 Å². The first-order chi connectivity index (χ1) is 13.0. The minimum Gasteiger partial charge on any atom is -0.438 e. The molecule has 0 bridgehead atoms. The number of amides is 3. The van der Waals surface area contributed by atoms with Crippen molar-refractivity contribution in [3.63, 3.8) is 0 Å². The number of pyridine rings is 1. The van der Waals surface area contributed by atoms with E-state index in [1.165, 1.54) is 4.90 Å². The first-order valence-corrected chi connectivity index (χ1v) is 8.99. The summed E-state index contributed by atoms with van der Waals surface area (Å²) in [5, 5.41) is 2.87. The molecule has 1 aliphatic heterocycles. The number of para-hydroxylation sites is 1. The van der Waals surface area contributed by atoms with Crippen molar-refractivity contribution in [2.75, 3.05) is 6.54 Å². The molecule has 0 aliphatic carbocycles. The molecular weight excluding hydrogens is 344 g/mol. The second-order valence-corrected chi connectivity index (χ2v) is 6.70. The first kappa shape index (κ1) is 18.7. The lowest BCUT2D eigenvalue weighted by atomic mass is 10.1. The zero-order chi connectivity index (χ0) is 19.4. The fourth-order valence-corrected chi connectivity index (χ4v) is 3.31. The molecule has 3 rings (SSSR count). The van der Waals surface area contributed by atoms with Gasteiger partial charge in [-0.2, -0.15) is 0 Å². The van der Waals surface area contributed by atoms with Crippen molar-refractivity contribution < 1.29 is 14.3 Å². The van der Waals surface area contributed by atoms with Gasteiger partial charge < -0.3 is 20.7 Å². The number of rotatable bonds is 5. The number of urea groups is 1. The van der Waals surface area contributed by atoms with Gasteiger partial charge in [-0.1, -0.05) is 24.3 Å². The highest BCUT2D eigenvalue weighted by Gasteiger charge is 2.32. The van der Waals surface area contributed by atoms with Gasteiger partial charge in [0.05, 0.1) is 0 Å². The average Bonchev–Trinajstić information content (AvgIpc) is 3.14. The maximum absolute atomic E-state index is 12.5. The van der Waals surface area contributed by atoms with E-state index in [1.807, 2.05) is 38.1 Å². The Labute approximate surface area is 158 Å². The summed E-state index contributed by atoms with van der Waals surface area (Å²) in [6, 6.07) is 8.51. The average molecular weight is 368 g/mol. The number of benzene rings is 1. The second kappa shape index (κ2) is 8.07. The van der Waals surface area contributed by atoms with Gasteiger partial charge in [0.25, 0.3) is 0 Å². The Balaban J connectivity index is 1.71. The van der Waals surface area contributed by atoms with Gasteiger partial charge in [-0.05, 0) is 43.9 Å². The number of ether oxygens (including phenoxy) is 1. The van der Waals surface area contributed by atoms with Crippen molar-refractivity contribution in [1.82, 2.24) is 15.2 Å². The van der Waals surface area contributed by atoms with Crippen LogP contribution in [0.15, 0.2) is 36.5 Å². The third-order valence-electron chi connectivity index (χ3n) is 4.75. The smallest absolute Gasteiger partial charge is 0.315 e. The molecule has 1 aromatic heterocycles. The van der Waals surface area contributed by atoms with Gasteiger partial charge in [0.2, 0.25) is 11.8 Å². The van der Waals surface area contributed by atoms with Gasteiger partial charge in [0.15, 0.2) is 0 Å². The van der Waals surface area contributed by atoms with E-state index in [9.17, 15) is 9.59 Å². The largest absolute Gasteiger partial charge is 0.438 e. The van der Waals surface area contributed by atoms with E-state index in [0.29, 0.717) is 18.8 Å². The molecule has 7 heteroatoms. The van der Waals surface area contributed by atoms with E-state index >= 15 is 0 Å². The van der Waals surface area contributed by atoms with Crippen molar-refractivity contribution in [3.05, 3.63) is 53.2 Å². The summed E-state index contributed by atoms with van der Waals surface area (Å²) in [7, 11) is 0. The Morgan fingerprint density at radius 1 is 1.26 bits per heavy atom. The molecule has 3 N–H and O–H groups in total. The third-order valence-corrected chi connectivity index (χ3v) is 4.75. The number of primary amides is 1. The molecule has 1 aliphatic rings. The fraction of sp³-hybridized carbons (Fsp3) is 0.350. The fourth-order valence-electron chi connectivity index (χ4n) is 3.31. The molecule has 3 amide bonds. The van der Waals surface area contributed by atoms with Crippen LogP contribution in [0.3, 0.4) is 0 Å². The molecule has 27 heavy (non-hydrogen) atoms. The van der Waals surface area contributed by atoms with E-state index in [1.54, 1.807) is 12.3 Å². The molecule has 0 radical (unpaired) electrons. The summed E-state index contributed by atoms with van der Waals surface area (Å²) in [6.07, 6.45) is 3.04. The quantitative estimate of drug-likeness (QED) is 0.848. The van der Waals surface area contributed by atoms with Gasteiger partial charge in [-0.15, -0.1) is 0 Å². The van der Waals surface area contributed by atoms with Crippen molar-refractivity contribution in [2.24, 2.45) is 5.73 Å². The Kier molecular flexibility index (Phi) is 5.59. The molecule has 1 fully saturated rings. The van der Waals surface area contributed by atoms with Crippen LogP contribution in [0.2, 0.25) is 0 Å². The highest BCUT2D eigenvalue weighted by Crippen LogP contribution is 2.29. The number of aryl methyl sites for hydroxylation is 2. The highest BCUT2D eigenvalue weighted by atomic mass is 16.5. The maximum atomic E-state index is 12.5. The van der Waals surface area contributed by atoms with Crippen molar-refractivity contribution in [2.45, 2.75) is 39.3 Å². The lowest BCUT2D eigenvalue weighted by Crippen LogP contribution is -2.47. The predicted octanol–water partition coefficient (Wildman–Crippen LogP) is 2.65. The number of carbonyl (C=O) groups is 2. The number of aromatic nitrogens is 1. The van der Waals surface area contributed by atoms with E-state index in [4.69, 9.17) is 10.5 Å². The Morgan fingerprint density at radius 3 is 2.70 bits per heavy atom. The van der Waals surface area contributed by atoms with Crippen LogP contribution >= 0.6 is 0 Å². The van der Waals surface area contributed by atoms with E-state index in [-0.39, 0.29) is 12.5 Å². The van der Waals surface area contributed by atoms with E-state index < -0.39 is 12.1 Å². The van der Waals surface area contributed by atoms with Crippen molar-refractivity contribution in [1.29, 1.82) is 0 Å². The van der Waals surface area contributed by atoms with Crippen molar-refractivity contribution in [3.8, 4) is 11.6 Å². The standard InChI is InChI=1S/C20H24N4O3/c1-13-6-3-7-14(2)17(13)27-19-15(8-4-10-22-19)12-23-18(25)16-9-5-11-24(16)20(21)26/h3-4,6-8,10,16H,5,9,11-12H2,1-2H3,(H2,21,26)(H,23,25)/t16-/m1/s1. The molecule has 7 nitrogen and oxygen atoms in total. The van der Waals surface area contributed by atoms with Gasteiger partial charge in [-0.3, -0.25) is 4.79 Å². The van der Waals surface area contributed by atoms with Crippen LogP contribution < -0.4 is 15.8 Å². The normalized spacial score (nSPS) is 16.2. The monoisotopic (exact) mass is 368 g/mol. The predicted molar refractivity (Wildman–Crippen MR) is 101 cm³/mol. The number of nitrogens with one attached hydrogen (secondary N) is 1. The molecule has 2 heterocycles. The SMILES string of the molecule is Cc1cccc(C)c1Oc1ncccc1CNC(=O)[C@H]1CCCN1C(N)=O. The van der Waals surface area contributed by atoms with Crippen LogP contribution in [0.5, 0.6) is 11.6 Å². The molecule has 1 aromatic carbocycles. The van der Waals surface area contributed by atoms with E-state index in [2.05, 4.69) is 10.3 Å². The summed E-state index contributed by atoms with van der Waals surface area (Å²) in [4.78, 5) is 29.7.